The number of aromatic nitrogens is 6. The van der Waals surface area contributed by atoms with Gasteiger partial charge in [-0.3, -0.25) is 14.6 Å². The lowest BCUT2D eigenvalue weighted by Crippen LogP contribution is -2.29. The van der Waals surface area contributed by atoms with Crippen LogP contribution in [0.4, 0.5) is 8.78 Å². The van der Waals surface area contributed by atoms with Crippen molar-refractivity contribution in [2.24, 2.45) is 0 Å². The summed E-state index contributed by atoms with van der Waals surface area (Å²) in [4.78, 5) is 34.9. The second kappa shape index (κ2) is 11.2. The number of ether oxygens (including phenoxy) is 2. The van der Waals surface area contributed by atoms with Crippen LogP contribution in [0, 0.1) is 11.6 Å². The fourth-order valence-electron chi connectivity index (χ4n) is 4.49. The number of fused-ring (bicyclic) bond motifs is 2. The van der Waals surface area contributed by atoms with Crippen LogP contribution in [0.25, 0.3) is 44.3 Å². The molecule has 0 amide bonds. The van der Waals surface area contributed by atoms with Gasteiger partial charge in [0.15, 0.2) is 0 Å². The van der Waals surface area contributed by atoms with E-state index >= 15 is 0 Å². The van der Waals surface area contributed by atoms with E-state index in [2.05, 4.69) is 20.2 Å². The summed E-state index contributed by atoms with van der Waals surface area (Å²) >= 11 is 0. The molecule has 42 heavy (non-hydrogen) atoms. The highest BCUT2D eigenvalue weighted by Crippen LogP contribution is 2.26. The molecule has 6 aromatic rings. The Morgan fingerprint density at radius 3 is 1.90 bits per heavy atom. The van der Waals surface area contributed by atoms with Gasteiger partial charge >= 0.3 is 11.9 Å². The molecule has 0 saturated carbocycles. The highest BCUT2D eigenvalue weighted by atomic mass is 19.1. The second-order valence-electron chi connectivity index (χ2n) is 9.26. The Bertz CT molecular complexity index is 1920. The van der Waals surface area contributed by atoms with Gasteiger partial charge in [0.1, 0.15) is 29.2 Å². The topological polar surface area (TPSA) is 114 Å². The Morgan fingerprint density at radius 1 is 0.762 bits per heavy atom. The zero-order chi connectivity index (χ0) is 29.2. The van der Waals surface area contributed by atoms with Crippen molar-refractivity contribution in [2.45, 2.75) is 19.7 Å². The van der Waals surface area contributed by atoms with Crippen molar-refractivity contribution in [2.75, 3.05) is 6.61 Å². The maximum absolute atomic E-state index is 13.4. The Labute approximate surface area is 237 Å². The molecular formula is C30H22F2N6O4. The van der Waals surface area contributed by atoms with Crippen LogP contribution in [-0.2, 0) is 25.6 Å². The maximum Gasteiger partial charge on any atom is 0.371 e. The number of rotatable bonds is 8. The number of esters is 2. The van der Waals surface area contributed by atoms with Crippen LogP contribution in [0.2, 0.25) is 0 Å². The number of benzene rings is 2. The summed E-state index contributed by atoms with van der Waals surface area (Å²) in [5, 5.41) is 8.51. The number of carbonyl (C=O) groups is 2. The van der Waals surface area contributed by atoms with Crippen LogP contribution in [0.5, 0.6) is 0 Å². The second-order valence-corrected chi connectivity index (χ2v) is 9.26. The predicted molar refractivity (Wildman–Crippen MR) is 148 cm³/mol. The van der Waals surface area contributed by atoms with Crippen molar-refractivity contribution in [3.63, 3.8) is 0 Å². The molecule has 210 valence electrons. The van der Waals surface area contributed by atoms with E-state index < -0.39 is 18.2 Å². The van der Waals surface area contributed by atoms with Crippen molar-refractivity contribution in [1.29, 1.82) is 0 Å². The molecule has 0 bridgehead atoms. The molecule has 2 aromatic carbocycles. The summed E-state index contributed by atoms with van der Waals surface area (Å²) in [5.41, 5.74) is 4.71. The van der Waals surface area contributed by atoms with Crippen LogP contribution in [0.15, 0.2) is 85.5 Å². The molecule has 12 heteroatoms. The Balaban J connectivity index is 1.29. The molecule has 0 fully saturated rings. The summed E-state index contributed by atoms with van der Waals surface area (Å²) < 4.78 is 40.2. The van der Waals surface area contributed by atoms with E-state index in [-0.39, 0.29) is 24.8 Å². The molecule has 0 aliphatic rings. The highest BCUT2D eigenvalue weighted by Gasteiger charge is 2.29. The monoisotopic (exact) mass is 568 g/mol. The molecule has 0 aliphatic carbocycles. The van der Waals surface area contributed by atoms with Crippen molar-refractivity contribution < 1.29 is 27.8 Å². The minimum absolute atomic E-state index is 0.0484. The summed E-state index contributed by atoms with van der Waals surface area (Å²) in [5.74, 6) is -2.34. The normalized spacial score (nSPS) is 12.0. The van der Waals surface area contributed by atoms with Crippen LogP contribution in [0.3, 0.4) is 0 Å². The van der Waals surface area contributed by atoms with E-state index in [4.69, 9.17) is 9.47 Å². The van der Waals surface area contributed by atoms with Gasteiger partial charge in [0.05, 0.1) is 30.0 Å². The van der Waals surface area contributed by atoms with Gasteiger partial charge in [-0.05, 0) is 54.4 Å². The highest BCUT2D eigenvalue weighted by molar-refractivity contribution is 5.85. The van der Waals surface area contributed by atoms with Crippen LogP contribution in [0.1, 0.15) is 13.2 Å². The van der Waals surface area contributed by atoms with Gasteiger partial charge in [-0.15, -0.1) is 0 Å². The number of nitrogens with zero attached hydrogens (tertiary/aromatic N) is 6. The molecule has 0 N–H and O–H groups in total. The Kier molecular flexibility index (Phi) is 7.09. The van der Waals surface area contributed by atoms with Crippen LogP contribution >= 0.6 is 0 Å². The zero-order valence-electron chi connectivity index (χ0n) is 22.1. The summed E-state index contributed by atoms with van der Waals surface area (Å²) in [6, 6.07) is 15.3. The van der Waals surface area contributed by atoms with Crippen molar-refractivity contribution in [3.8, 4) is 22.3 Å². The smallest absolute Gasteiger partial charge is 0.371 e. The standard InChI is InChI=1S/C30H22F2N6O4/c1-2-41-30(40)29(38-27-12-21(14-34-25(27)16-36-38)19-5-9-23(32)10-6-19)42-28(39)17-37-26-11-20(13-33-24(26)15-35-37)18-3-7-22(31)8-4-18/h3-16,29H,2,17H2,1H3. The first-order valence-corrected chi connectivity index (χ1v) is 12.9. The SMILES string of the molecule is CCOC(=O)C(OC(=O)Cn1ncc2ncc(-c3ccc(F)cc3)cc21)n1ncc2ncc(-c3ccc(F)cc3)cc21. The molecule has 4 heterocycles. The average Bonchev–Trinajstić information content (AvgIpc) is 3.60. The quantitative estimate of drug-likeness (QED) is 0.233. The largest absolute Gasteiger partial charge is 0.462 e. The van der Waals surface area contributed by atoms with E-state index in [0.717, 1.165) is 5.56 Å². The van der Waals surface area contributed by atoms with Gasteiger partial charge in [-0.25, -0.2) is 23.1 Å². The summed E-state index contributed by atoms with van der Waals surface area (Å²) in [6.07, 6.45) is 4.63. The average molecular weight is 569 g/mol. The molecule has 0 saturated heterocycles. The number of carbonyl (C=O) groups excluding carboxylic acids is 2. The first-order chi connectivity index (χ1) is 20.4. The molecule has 10 nitrogen and oxygen atoms in total. The van der Waals surface area contributed by atoms with E-state index in [1.807, 2.05) is 0 Å². The van der Waals surface area contributed by atoms with Gasteiger partial charge in [-0.1, -0.05) is 24.3 Å². The molecular weight excluding hydrogens is 546 g/mol. The van der Waals surface area contributed by atoms with Gasteiger partial charge in [0.25, 0.3) is 6.23 Å². The van der Waals surface area contributed by atoms with E-state index in [9.17, 15) is 18.4 Å². The minimum atomic E-state index is -1.55. The summed E-state index contributed by atoms with van der Waals surface area (Å²) in [6.45, 7) is 1.34. The van der Waals surface area contributed by atoms with Crippen molar-refractivity contribution >= 4 is 34.0 Å². The van der Waals surface area contributed by atoms with Crippen molar-refractivity contribution in [1.82, 2.24) is 29.5 Å². The van der Waals surface area contributed by atoms with E-state index in [1.165, 1.54) is 46.0 Å². The van der Waals surface area contributed by atoms with E-state index in [1.54, 1.807) is 55.7 Å². The first-order valence-electron chi connectivity index (χ1n) is 12.9. The molecule has 0 aliphatic heterocycles. The lowest BCUT2D eigenvalue weighted by molar-refractivity contribution is -0.175. The van der Waals surface area contributed by atoms with Gasteiger partial charge < -0.3 is 9.47 Å². The molecule has 6 rings (SSSR count). The molecule has 1 unspecified atom stereocenters. The lowest BCUT2D eigenvalue weighted by atomic mass is 10.1. The summed E-state index contributed by atoms with van der Waals surface area (Å²) in [7, 11) is 0. The first kappa shape index (κ1) is 26.7. The lowest BCUT2D eigenvalue weighted by Gasteiger charge is -2.18. The number of halogens is 2. The molecule has 0 radical (unpaired) electrons. The number of hydrogen-bond donors (Lipinski definition) is 0. The Morgan fingerprint density at radius 2 is 1.31 bits per heavy atom. The van der Waals surface area contributed by atoms with Crippen LogP contribution in [-0.4, -0.2) is 48.1 Å². The fourth-order valence-corrected chi connectivity index (χ4v) is 4.49. The van der Waals surface area contributed by atoms with Crippen LogP contribution < -0.4 is 0 Å². The predicted octanol–water partition coefficient (Wildman–Crippen LogP) is 5.09. The number of hydrogen-bond acceptors (Lipinski definition) is 8. The third-order valence-corrected chi connectivity index (χ3v) is 6.53. The third-order valence-electron chi connectivity index (χ3n) is 6.53. The van der Waals surface area contributed by atoms with Gasteiger partial charge in [-0.2, -0.15) is 10.2 Å². The van der Waals surface area contributed by atoms with E-state index in [0.29, 0.717) is 38.8 Å². The number of pyridine rings is 2. The molecule has 1 atom stereocenters. The van der Waals surface area contributed by atoms with Gasteiger partial charge in [0.2, 0.25) is 0 Å². The third kappa shape index (κ3) is 5.29. The minimum Gasteiger partial charge on any atom is -0.462 e. The molecule has 4 aromatic heterocycles. The van der Waals surface area contributed by atoms with Crippen molar-refractivity contribution in [3.05, 3.63) is 97.1 Å². The zero-order valence-corrected chi connectivity index (χ0v) is 22.1. The Hall–Kier alpha value is -5.52. The fraction of sp³-hybridized carbons (Fsp3) is 0.133. The van der Waals surface area contributed by atoms with Gasteiger partial charge in [0, 0.05) is 23.5 Å². The maximum atomic E-state index is 13.4. The molecule has 0 spiro atoms.